The van der Waals surface area contributed by atoms with Gasteiger partial charge >= 0.3 is 0 Å². The first-order chi connectivity index (χ1) is 9.25. The number of ether oxygens (including phenoxy) is 1. The van der Waals surface area contributed by atoms with Crippen molar-refractivity contribution in [3.05, 3.63) is 0 Å². The number of carbonyl (C=O) groups is 1. The second-order valence-electron chi connectivity index (χ2n) is 6.77. The third-order valence-electron chi connectivity index (χ3n) is 5.28. The Kier molecular flexibility index (Phi) is 2.68. The van der Waals surface area contributed by atoms with Crippen LogP contribution in [0.1, 0.15) is 51.9 Å². The van der Waals surface area contributed by atoms with Gasteiger partial charge in [-0.25, -0.2) is 0 Å². The van der Waals surface area contributed by atoms with Crippen LogP contribution in [-0.4, -0.2) is 41.3 Å². The molecule has 2 heterocycles. The van der Waals surface area contributed by atoms with Gasteiger partial charge in [-0.1, -0.05) is 13.3 Å². The second-order valence-corrected chi connectivity index (χ2v) is 6.77. The standard InChI is InChI=1S/C15H24N2O2/c1-2-3-12-16-15(7-8-15)14(18)17(12)11-6-9-19-13(11)10-4-5-10/h10-13,16H,2-9H2,1H3. The Morgan fingerprint density at radius 2 is 2.16 bits per heavy atom. The van der Waals surface area contributed by atoms with Gasteiger partial charge in [-0.05, 0) is 44.4 Å². The average Bonchev–Trinajstić information content (AvgIpc) is 3.30. The molecule has 2 aliphatic heterocycles. The molecule has 3 atom stereocenters. The fraction of sp³-hybridized carbons (Fsp3) is 0.933. The van der Waals surface area contributed by atoms with Crippen LogP contribution in [0.4, 0.5) is 0 Å². The molecule has 1 N–H and O–H groups in total. The van der Waals surface area contributed by atoms with Gasteiger partial charge in [0.05, 0.1) is 23.9 Å². The molecule has 4 fully saturated rings. The molecule has 1 spiro atoms. The molecule has 0 aromatic rings. The predicted octanol–water partition coefficient (Wildman–Crippen LogP) is 1.64. The topological polar surface area (TPSA) is 41.6 Å². The van der Waals surface area contributed by atoms with E-state index in [4.69, 9.17) is 4.74 Å². The first-order valence-electron chi connectivity index (χ1n) is 7.97. The van der Waals surface area contributed by atoms with Crippen LogP contribution in [0.2, 0.25) is 0 Å². The highest BCUT2D eigenvalue weighted by Crippen LogP contribution is 2.47. The zero-order valence-corrected chi connectivity index (χ0v) is 11.7. The number of nitrogens with zero attached hydrogens (tertiary/aromatic N) is 1. The van der Waals surface area contributed by atoms with Crippen molar-refractivity contribution in [1.29, 1.82) is 0 Å². The summed E-state index contributed by atoms with van der Waals surface area (Å²) in [5, 5.41) is 3.62. The Labute approximate surface area is 114 Å². The Bertz CT molecular complexity index is 390. The van der Waals surface area contributed by atoms with Crippen LogP contribution in [0.5, 0.6) is 0 Å². The number of amides is 1. The van der Waals surface area contributed by atoms with E-state index in [0.29, 0.717) is 18.1 Å². The highest BCUT2D eigenvalue weighted by molar-refractivity contribution is 5.92. The monoisotopic (exact) mass is 264 g/mol. The number of hydrogen-bond donors (Lipinski definition) is 1. The molecule has 0 aromatic heterocycles. The van der Waals surface area contributed by atoms with Gasteiger partial charge in [-0.15, -0.1) is 0 Å². The number of nitrogens with one attached hydrogen (secondary N) is 1. The van der Waals surface area contributed by atoms with E-state index in [-0.39, 0.29) is 11.7 Å². The first-order valence-corrected chi connectivity index (χ1v) is 7.97. The molecule has 4 nitrogen and oxygen atoms in total. The van der Waals surface area contributed by atoms with Gasteiger partial charge in [0.1, 0.15) is 0 Å². The maximum absolute atomic E-state index is 12.8. The highest BCUT2D eigenvalue weighted by atomic mass is 16.5. The lowest BCUT2D eigenvalue weighted by molar-refractivity contribution is -0.134. The minimum atomic E-state index is -0.170. The van der Waals surface area contributed by atoms with Crippen LogP contribution in [0.3, 0.4) is 0 Å². The molecule has 4 aliphatic rings. The zero-order chi connectivity index (χ0) is 13.0. The summed E-state index contributed by atoms with van der Waals surface area (Å²) in [4.78, 5) is 14.9. The Balaban J connectivity index is 1.58. The van der Waals surface area contributed by atoms with Crippen molar-refractivity contribution < 1.29 is 9.53 Å². The molecule has 4 rings (SSSR count). The molecule has 1 amide bonds. The van der Waals surface area contributed by atoms with E-state index in [1.807, 2.05) is 0 Å². The Morgan fingerprint density at radius 1 is 1.37 bits per heavy atom. The van der Waals surface area contributed by atoms with E-state index in [1.54, 1.807) is 0 Å². The van der Waals surface area contributed by atoms with Crippen LogP contribution >= 0.6 is 0 Å². The van der Waals surface area contributed by atoms with E-state index in [9.17, 15) is 4.79 Å². The molecular weight excluding hydrogens is 240 g/mol. The Morgan fingerprint density at radius 3 is 2.79 bits per heavy atom. The van der Waals surface area contributed by atoms with Gasteiger partial charge < -0.3 is 9.64 Å². The lowest BCUT2D eigenvalue weighted by atomic mass is 10.0. The van der Waals surface area contributed by atoms with Crippen molar-refractivity contribution >= 4 is 5.91 Å². The van der Waals surface area contributed by atoms with Gasteiger partial charge in [0.15, 0.2) is 0 Å². The summed E-state index contributed by atoms with van der Waals surface area (Å²) in [6.45, 7) is 3.03. The lowest BCUT2D eigenvalue weighted by Gasteiger charge is -2.33. The van der Waals surface area contributed by atoms with E-state index in [1.165, 1.54) is 12.8 Å². The van der Waals surface area contributed by atoms with Gasteiger partial charge in [0.25, 0.3) is 0 Å². The second kappa shape index (κ2) is 4.19. The van der Waals surface area contributed by atoms with Crippen LogP contribution in [0.15, 0.2) is 0 Å². The molecule has 2 aliphatic carbocycles. The minimum absolute atomic E-state index is 0.170. The van der Waals surface area contributed by atoms with Gasteiger partial charge in [0, 0.05) is 6.61 Å². The van der Waals surface area contributed by atoms with E-state index in [2.05, 4.69) is 17.1 Å². The lowest BCUT2D eigenvalue weighted by Crippen LogP contribution is -2.48. The Hall–Kier alpha value is -0.610. The summed E-state index contributed by atoms with van der Waals surface area (Å²) in [6.07, 6.45) is 8.45. The fourth-order valence-corrected chi connectivity index (χ4v) is 3.96. The normalized spacial score (nSPS) is 40.4. The molecule has 0 aromatic carbocycles. The molecule has 4 heteroatoms. The third kappa shape index (κ3) is 1.83. The van der Waals surface area contributed by atoms with Crippen molar-refractivity contribution in [3.63, 3.8) is 0 Å². The molecule has 106 valence electrons. The summed E-state index contributed by atoms with van der Waals surface area (Å²) >= 11 is 0. The molecule has 3 unspecified atom stereocenters. The number of carbonyl (C=O) groups excluding carboxylic acids is 1. The van der Waals surface area contributed by atoms with Crippen LogP contribution in [-0.2, 0) is 9.53 Å². The van der Waals surface area contributed by atoms with Crippen LogP contribution in [0.25, 0.3) is 0 Å². The quantitative estimate of drug-likeness (QED) is 0.839. The fourth-order valence-electron chi connectivity index (χ4n) is 3.96. The summed E-state index contributed by atoms with van der Waals surface area (Å²) in [7, 11) is 0. The van der Waals surface area contributed by atoms with E-state index >= 15 is 0 Å². The van der Waals surface area contributed by atoms with Crippen molar-refractivity contribution in [1.82, 2.24) is 10.2 Å². The van der Waals surface area contributed by atoms with E-state index < -0.39 is 0 Å². The molecule has 19 heavy (non-hydrogen) atoms. The average molecular weight is 264 g/mol. The van der Waals surface area contributed by atoms with Crippen LogP contribution in [0, 0.1) is 5.92 Å². The number of rotatable bonds is 4. The van der Waals surface area contributed by atoms with Crippen LogP contribution < -0.4 is 5.32 Å². The van der Waals surface area contributed by atoms with Crippen molar-refractivity contribution in [2.45, 2.75) is 75.7 Å². The summed E-state index contributed by atoms with van der Waals surface area (Å²) in [6, 6.07) is 0.337. The number of hydrogen-bond acceptors (Lipinski definition) is 3. The molecule has 0 bridgehead atoms. The van der Waals surface area contributed by atoms with Crippen molar-refractivity contribution in [2.24, 2.45) is 5.92 Å². The van der Waals surface area contributed by atoms with E-state index in [0.717, 1.165) is 44.6 Å². The third-order valence-corrected chi connectivity index (χ3v) is 5.28. The molecule has 2 saturated heterocycles. The van der Waals surface area contributed by atoms with Crippen molar-refractivity contribution in [3.8, 4) is 0 Å². The largest absolute Gasteiger partial charge is 0.376 e. The summed E-state index contributed by atoms with van der Waals surface area (Å²) in [5.41, 5.74) is -0.170. The van der Waals surface area contributed by atoms with Gasteiger partial charge in [0.2, 0.25) is 5.91 Å². The molecular formula is C15H24N2O2. The maximum Gasteiger partial charge on any atom is 0.244 e. The minimum Gasteiger partial charge on any atom is -0.376 e. The smallest absolute Gasteiger partial charge is 0.244 e. The summed E-state index contributed by atoms with van der Waals surface area (Å²) < 4.78 is 5.94. The highest BCUT2D eigenvalue weighted by Gasteiger charge is 2.61. The van der Waals surface area contributed by atoms with Gasteiger partial charge in [-0.3, -0.25) is 10.1 Å². The molecule has 0 radical (unpaired) electrons. The molecule has 2 saturated carbocycles. The SMILES string of the molecule is CCCC1NC2(CC2)C(=O)N1C1CCOC1C1CC1. The van der Waals surface area contributed by atoms with Crippen molar-refractivity contribution in [2.75, 3.05) is 6.61 Å². The predicted molar refractivity (Wildman–Crippen MR) is 71.5 cm³/mol. The first kappa shape index (κ1) is 12.2. The maximum atomic E-state index is 12.8. The zero-order valence-electron chi connectivity index (χ0n) is 11.7. The summed E-state index contributed by atoms with van der Waals surface area (Å²) in [5.74, 6) is 1.09. The van der Waals surface area contributed by atoms with Gasteiger partial charge in [-0.2, -0.15) is 0 Å².